The molecule has 27 heavy (non-hydrogen) atoms. The van der Waals surface area contributed by atoms with Crippen LogP contribution in [-0.2, 0) is 14.4 Å². The first kappa shape index (κ1) is 21.1. The fraction of sp³-hybridized carbons (Fsp3) is 0.368. The largest absolute Gasteiger partial charge is 0.480 e. The number of benzene rings is 1. The molecule has 8 heteroatoms. The van der Waals surface area contributed by atoms with Crippen LogP contribution in [0.1, 0.15) is 37.3 Å². The molecule has 1 saturated heterocycles. The van der Waals surface area contributed by atoms with E-state index in [-0.39, 0.29) is 18.9 Å². The van der Waals surface area contributed by atoms with E-state index in [1.54, 1.807) is 6.08 Å². The number of carbonyl (C=O) groups is 3. The smallest absolute Gasteiger partial charge is 0.326 e. The molecule has 1 aromatic carbocycles. The molecule has 1 heterocycles. The summed E-state index contributed by atoms with van der Waals surface area (Å²) in [6.45, 7) is 3.96. The number of hydrogen-bond acceptors (Lipinski definition) is 5. The molecular weight excluding hydrogens is 384 g/mol. The molecule has 0 saturated carbocycles. The van der Waals surface area contributed by atoms with E-state index in [4.69, 9.17) is 17.3 Å². The Balaban J connectivity index is 1.96. The molecule has 0 aromatic heterocycles. The van der Waals surface area contributed by atoms with E-state index < -0.39 is 17.9 Å². The van der Waals surface area contributed by atoms with Crippen molar-refractivity contribution in [3.63, 3.8) is 0 Å². The van der Waals surface area contributed by atoms with Crippen LogP contribution >= 0.6 is 24.0 Å². The average Bonchev–Trinajstić information content (AvgIpc) is 2.88. The summed E-state index contributed by atoms with van der Waals surface area (Å²) in [6.07, 6.45) is 2.79. The third kappa shape index (κ3) is 5.90. The van der Waals surface area contributed by atoms with Gasteiger partial charge < -0.3 is 10.4 Å². The maximum atomic E-state index is 12.6. The number of hydrogen-bond donors (Lipinski definition) is 2. The van der Waals surface area contributed by atoms with Gasteiger partial charge in [-0.25, -0.2) is 4.79 Å². The number of nitrogens with one attached hydrogen (secondary N) is 1. The van der Waals surface area contributed by atoms with Crippen LogP contribution in [0, 0.1) is 6.92 Å². The number of carboxylic acids is 1. The number of thioether (sulfide) groups is 1. The second-order valence-electron chi connectivity index (χ2n) is 6.24. The lowest BCUT2D eigenvalue weighted by Crippen LogP contribution is -2.42. The molecule has 1 aromatic rings. The number of thiocarbonyl (C=S) groups is 1. The molecule has 1 aliphatic rings. The maximum Gasteiger partial charge on any atom is 0.326 e. The lowest BCUT2D eigenvalue weighted by atomic mass is 10.1. The predicted octanol–water partition coefficient (Wildman–Crippen LogP) is 2.96. The van der Waals surface area contributed by atoms with Gasteiger partial charge in [0, 0.05) is 13.0 Å². The topological polar surface area (TPSA) is 86.7 Å². The highest BCUT2D eigenvalue weighted by Crippen LogP contribution is 2.32. The van der Waals surface area contributed by atoms with Crippen LogP contribution in [0.4, 0.5) is 0 Å². The molecule has 0 bridgehead atoms. The molecule has 0 aliphatic carbocycles. The number of aliphatic carboxylic acids is 1. The molecule has 2 N–H and O–H groups in total. The van der Waals surface area contributed by atoms with Gasteiger partial charge >= 0.3 is 5.97 Å². The lowest BCUT2D eigenvalue weighted by Gasteiger charge is -2.16. The van der Waals surface area contributed by atoms with Gasteiger partial charge in [0.1, 0.15) is 10.4 Å². The van der Waals surface area contributed by atoms with E-state index in [1.165, 1.54) is 16.7 Å². The van der Waals surface area contributed by atoms with Gasteiger partial charge in [0.2, 0.25) is 5.91 Å². The van der Waals surface area contributed by atoms with Crippen molar-refractivity contribution in [2.75, 3.05) is 6.54 Å². The summed E-state index contributed by atoms with van der Waals surface area (Å²) in [5, 5.41) is 11.6. The highest BCUT2D eigenvalue weighted by atomic mass is 32.2. The third-order valence-corrected chi connectivity index (χ3v) is 5.40. The Morgan fingerprint density at radius 2 is 2.00 bits per heavy atom. The summed E-state index contributed by atoms with van der Waals surface area (Å²) in [5.74, 6) is -1.70. The van der Waals surface area contributed by atoms with Gasteiger partial charge in [-0.1, -0.05) is 67.2 Å². The molecule has 2 amide bonds. The highest BCUT2D eigenvalue weighted by Gasteiger charge is 2.32. The van der Waals surface area contributed by atoms with E-state index in [9.17, 15) is 14.4 Å². The minimum atomic E-state index is -1.06. The second kappa shape index (κ2) is 9.66. The van der Waals surface area contributed by atoms with Crippen LogP contribution in [0.2, 0.25) is 0 Å². The first-order valence-electron chi connectivity index (χ1n) is 8.66. The van der Waals surface area contributed by atoms with Crippen molar-refractivity contribution in [3.05, 3.63) is 40.3 Å². The van der Waals surface area contributed by atoms with Crippen LogP contribution in [0.15, 0.2) is 29.2 Å². The minimum Gasteiger partial charge on any atom is -0.480 e. The SMILES string of the molecule is CCCC(NC(=O)CCN1C(=O)C(=Cc2ccc(C)cc2)SC1=S)C(=O)O. The summed E-state index contributed by atoms with van der Waals surface area (Å²) in [4.78, 5) is 37.6. The molecule has 2 rings (SSSR count). The third-order valence-electron chi connectivity index (χ3n) is 4.02. The van der Waals surface area contributed by atoms with Crippen LogP contribution in [-0.4, -0.2) is 44.7 Å². The fourth-order valence-corrected chi connectivity index (χ4v) is 3.84. The van der Waals surface area contributed by atoms with Crippen LogP contribution in [0.25, 0.3) is 6.08 Å². The maximum absolute atomic E-state index is 12.6. The fourth-order valence-electron chi connectivity index (χ4n) is 2.53. The van der Waals surface area contributed by atoms with Gasteiger partial charge in [-0.3, -0.25) is 14.5 Å². The monoisotopic (exact) mass is 406 g/mol. The summed E-state index contributed by atoms with van der Waals surface area (Å²) in [5.41, 5.74) is 2.04. The van der Waals surface area contributed by atoms with Crippen molar-refractivity contribution in [3.8, 4) is 0 Å². The quantitative estimate of drug-likeness (QED) is 0.510. The molecule has 0 radical (unpaired) electrons. The number of carboxylic acid groups (broad SMARTS) is 1. The van der Waals surface area contributed by atoms with Gasteiger partial charge in [-0.2, -0.15) is 0 Å². The molecule has 1 unspecified atom stereocenters. The number of carbonyl (C=O) groups excluding carboxylic acids is 2. The lowest BCUT2D eigenvalue weighted by molar-refractivity contribution is -0.142. The zero-order valence-electron chi connectivity index (χ0n) is 15.2. The van der Waals surface area contributed by atoms with Crippen molar-refractivity contribution in [2.45, 2.75) is 39.2 Å². The van der Waals surface area contributed by atoms with E-state index in [1.807, 2.05) is 38.1 Å². The number of nitrogens with zero attached hydrogens (tertiary/aromatic N) is 1. The molecular formula is C19H22N2O4S2. The van der Waals surface area contributed by atoms with Crippen molar-refractivity contribution >= 4 is 52.2 Å². The standard InChI is InChI=1S/C19H22N2O4S2/c1-3-4-14(18(24)25)20-16(22)9-10-21-17(23)15(27-19(21)26)11-13-7-5-12(2)6-8-13/h5-8,11,14H,3-4,9-10H2,1-2H3,(H,20,22)(H,24,25). The Bertz CT molecular complexity index is 774. The average molecular weight is 407 g/mol. The Labute approximate surface area is 168 Å². The van der Waals surface area contributed by atoms with Gasteiger partial charge in [0.05, 0.1) is 4.91 Å². The van der Waals surface area contributed by atoms with Crippen LogP contribution < -0.4 is 5.32 Å². The Morgan fingerprint density at radius 1 is 1.33 bits per heavy atom. The minimum absolute atomic E-state index is 0.00224. The van der Waals surface area contributed by atoms with Gasteiger partial charge in [-0.15, -0.1) is 0 Å². The van der Waals surface area contributed by atoms with Crippen molar-refractivity contribution in [2.24, 2.45) is 0 Å². The first-order valence-corrected chi connectivity index (χ1v) is 9.88. The summed E-state index contributed by atoms with van der Waals surface area (Å²) in [6, 6.07) is 6.87. The molecule has 1 fully saturated rings. The molecule has 6 nitrogen and oxygen atoms in total. The number of rotatable bonds is 8. The molecule has 1 atom stereocenters. The molecule has 0 spiro atoms. The van der Waals surface area contributed by atoms with E-state index in [0.717, 1.165) is 11.1 Å². The second-order valence-corrected chi connectivity index (χ2v) is 7.92. The van der Waals surface area contributed by atoms with Crippen LogP contribution in [0.3, 0.4) is 0 Å². The first-order chi connectivity index (χ1) is 12.8. The molecule has 1 aliphatic heterocycles. The van der Waals surface area contributed by atoms with Crippen molar-refractivity contribution in [1.82, 2.24) is 10.2 Å². The van der Waals surface area contributed by atoms with Crippen molar-refractivity contribution in [1.29, 1.82) is 0 Å². The normalized spacial score (nSPS) is 16.7. The van der Waals surface area contributed by atoms with Gasteiger partial charge in [0.15, 0.2) is 0 Å². The summed E-state index contributed by atoms with van der Waals surface area (Å²) < 4.78 is 0.398. The summed E-state index contributed by atoms with van der Waals surface area (Å²) in [7, 11) is 0. The Kier molecular flexibility index (Phi) is 7.55. The predicted molar refractivity (Wildman–Crippen MR) is 110 cm³/mol. The van der Waals surface area contributed by atoms with Crippen LogP contribution in [0.5, 0.6) is 0 Å². The number of aryl methyl sites for hydroxylation is 1. The number of amides is 2. The summed E-state index contributed by atoms with van der Waals surface area (Å²) >= 11 is 6.46. The highest BCUT2D eigenvalue weighted by molar-refractivity contribution is 8.26. The zero-order valence-corrected chi connectivity index (χ0v) is 16.9. The van der Waals surface area contributed by atoms with E-state index >= 15 is 0 Å². The molecule has 144 valence electrons. The zero-order chi connectivity index (χ0) is 20.0. The van der Waals surface area contributed by atoms with E-state index in [2.05, 4.69) is 5.32 Å². The Hall–Kier alpha value is -2.19. The Morgan fingerprint density at radius 3 is 2.59 bits per heavy atom. The van der Waals surface area contributed by atoms with Crippen molar-refractivity contribution < 1.29 is 19.5 Å². The van der Waals surface area contributed by atoms with Gasteiger partial charge in [0.25, 0.3) is 5.91 Å². The van der Waals surface area contributed by atoms with Gasteiger partial charge in [-0.05, 0) is 25.0 Å². The van der Waals surface area contributed by atoms with E-state index in [0.29, 0.717) is 22.1 Å².